The van der Waals surface area contributed by atoms with Crippen molar-refractivity contribution in [3.05, 3.63) is 82.0 Å². The molecular weight excluding hydrogens is 484 g/mol. The molecule has 1 aliphatic heterocycles. The average Bonchev–Trinajstić information content (AvgIpc) is 3.14. The summed E-state index contributed by atoms with van der Waals surface area (Å²) in [4.78, 5) is 27.8. The van der Waals surface area contributed by atoms with Gasteiger partial charge in [0.25, 0.3) is 11.8 Å². The third-order valence-electron chi connectivity index (χ3n) is 4.30. The number of hydrogen-bond donors (Lipinski definition) is 1. The lowest BCUT2D eigenvalue weighted by Gasteiger charge is -2.28. The van der Waals surface area contributed by atoms with Gasteiger partial charge in [0.15, 0.2) is 10.2 Å². The van der Waals surface area contributed by atoms with Crippen molar-refractivity contribution in [2.24, 2.45) is 0 Å². The number of nitrogens with zero attached hydrogens (tertiary/aromatic N) is 1. The largest absolute Gasteiger partial charge is 0.450 e. The van der Waals surface area contributed by atoms with Crippen molar-refractivity contribution >= 4 is 68.6 Å². The van der Waals surface area contributed by atoms with Crippen LogP contribution in [-0.2, 0) is 9.59 Å². The topological polar surface area (TPSA) is 62.6 Å². The van der Waals surface area contributed by atoms with Crippen LogP contribution in [0.4, 0.5) is 5.69 Å². The average molecular weight is 499 g/mol. The van der Waals surface area contributed by atoms with E-state index in [1.165, 1.54) is 28.3 Å². The number of carbonyl (C=O) groups is 2. The van der Waals surface area contributed by atoms with Crippen LogP contribution in [0.3, 0.4) is 0 Å². The number of hydrogen-bond acceptors (Lipinski definition) is 5. The SMILES string of the molecule is Cc1ccc(Sc2ccc(/C=C3\C(=O)NC(=S)N(c4cccc(Br)c4)C3=O)o2)cc1. The molecule has 0 radical (unpaired) electrons. The second-order valence-electron chi connectivity index (χ2n) is 6.51. The summed E-state index contributed by atoms with van der Waals surface area (Å²) in [6.07, 6.45) is 1.43. The second kappa shape index (κ2) is 8.59. The van der Waals surface area contributed by atoms with Gasteiger partial charge in [-0.2, -0.15) is 0 Å². The van der Waals surface area contributed by atoms with Gasteiger partial charge in [0, 0.05) is 9.37 Å². The number of anilines is 1. The molecule has 1 aromatic heterocycles. The lowest BCUT2D eigenvalue weighted by Crippen LogP contribution is -2.54. The maximum Gasteiger partial charge on any atom is 0.270 e. The van der Waals surface area contributed by atoms with Crippen molar-refractivity contribution < 1.29 is 14.0 Å². The maximum atomic E-state index is 13.0. The van der Waals surface area contributed by atoms with Crippen molar-refractivity contribution in [2.45, 2.75) is 16.9 Å². The molecule has 150 valence electrons. The van der Waals surface area contributed by atoms with E-state index in [1.54, 1.807) is 30.3 Å². The Balaban J connectivity index is 1.60. The van der Waals surface area contributed by atoms with E-state index < -0.39 is 11.8 Å². The molecule has 0 saturated carbocycles. The van der Waals surface area contributed by atoms with E-state index in [0.717, 1.165) is 9.37 Å². The molecule has 3 aromatic rings. The van der Waals surface area contributed by atoms with Gasteiger partial charge in [-0.1, -0.05) is 51.5 Å². The van der Waals surface area contributed by atoms with Gasteiger partial charge in [0.1, 0.15) is 11.3 Å². The predicted molar refractivity (Wildman–Crippen MR) is 124 cm³/mol. The summed E-state index contributed by atoms with van der Waals surface area (Å²) in [6.45, 7) is 2.03. The molecular formula is C22H15BrN2O3S2. The van der Waals surface area contributed by atoms with E-state index in [-0.39, 0.29) is 10.7 Å². The third kappa shape index (κ3) is 4.40. The van der Waals surface area contributed by atoms with Crippen LogP contribution in [0, 0.1) is 6.92 Å². The van der Waals surface area contributed by atoms with Crippen molar-refractivity contribution in [2.75, 3.05) is 4.90 Å². The van der Waals surface area contributed by atoms with Crippen LogP contribution in [0.25, 0.3) is 6.08 Å². The van der Waals surface area contributed by atoms with Gasteiger partial charge >= 0.3 is 0 Å². The quantitative estimate of drug-likeness (QED) is 0.299. The zero-order chi connectivity index (χ0) is 21.3. The highest BCUT2D eigenvalue weighted by atomic mass is 79.9. The van der Waals surface area contributed by atoms with E-state index in [4.69, 9.17) is 16.6 Å². The minimum atomic E-state index is -0.555. The number of benzene rings is 2. The highest BCUT2D eigenvalue weighted by Crippen LogP contribution is 2.31. The Morgan fingerprint density at radius 1 is 1.10 bits per heavy atom. The summed E-state index contributed by atoms with van der Waals surface area (Å²) in [5.41, 5.74) is 1.68. The van der Waals surface area contributed by atoms with E-state index >= 15 is 0 Å². The number of furan rings is 1. The highest BCUT2D eigenvalue weighted by Gasteiger charge is 2.34. The first-order chi connectivity index (χ1) is 14.4. The van der Waals surface area contributed by atoms with Gasteiger partial charge < -0.3 is 4.42 Å². The molecule has 4 rings (SSSR count). The fourth-order valence-electron chi connectivity index (χ4n) is 2.84. The molecule has 0 atom stereocenters. The number of thiocarbonyl (C=S) groups is 1. The molecule has 2 amide bonds. The lowest BCUT2D eigenvalue weighted by atomic mass is 10.1. The molecule has 1 aliphatic rings. The summed E-state index contributed by atoms with van der Waals surface area (Å²) in [5, 5.41) is 3.27. The van der Waals surface area contributed by atoms with Crippen LogP contribution >= 0.6 is 39.9 Å². The Kier molecular flexibility index (Phi) is 5.90. The predicted octanol–water partition coefficient (Wildman–Crippen LogP) is 5.33. The Bertz CT molecular complexity index is 1190. The van der Waals surface area contributed by atoms with Gasteiger partial charge in [-0.05, 0) is 67.7 Å². The van der Waals surface area contributed by atoms with E-state index in [2.05, 4.69) is 21.2 Å². The summed E-state index contributed by atoms with van der Waals surface area (Å²) in [6, 6.07) is 18.7. The Hall–Kier alpha value is -2.68. The lowest BCUT2D eigenvalue weighted by molar-refractivity contribution is -0.122. The molecule has 2 heterocycles. The number of aryl methyl sites for hydroxylation is 1. The standard InChI is InChI=1S/C22H15BrN2O3S2/c1-13-5-8-17(9-6-13)30-19-10-7-16(28-19)12-18-20(26)24-22(29)25(21(18)27)15-4-2-3-14(23)11-15/h2-12H,1H3,(H,24,26,29)/b18-12+. The second-order valence-corrected chi connectivity index (χ2v) is 8.89. The molecule has 0 unspecified atom stereocenters. The molecule has 1 N–H and O–H groups in total. The fourth-order valence-corrected chi connectivity index (χ4v) is 4.29. The van der Waals surface area contributed by atoms with Gasteiger partial charge in [0.2, 0.25) is 0 Å². The zero-order valence-electron chi connectivity index (χ0n) is 15.7. The van der Waals surface area contributed by atoms with E-state index in [0.29, 0.717) is 16.5 Å². The van der Waals surface area contributed by atoms with Crippen LogP contribution in [0.5, 0.6) is 0 Å². The molecule has 8 heteroatoms. The zero-order valence-corrected chi connectivity index (χ0v) is 18.9. The Morgan fingerprint density at radius 2 is 1.87 bits per heavy atom. The van der Waals surface area contributed by atoms with Crippen molar-refractivity contribution in [3.63, 3.8) is 0 Å². The minimum Gasteiger partial charge on any atom is -0.450 e. The number of carbonyl (C=O) groups excluding carboxylic acids is 2. The van der Waals surface area contributed by atoms with Gasteiger partial charge in [-0.15, -0.1) is 0 Å². The van der Waals surface area contributed by atoms with Crippen LogP contribution < -0.4 is 10.2 Å². The molecule has 0 spiro atoms. The van der Waals surface area contributed by atoms with Crippen LogP contribution in [-0.4, -0.2) is 16.9 Å². The molecule has 1 fully saturated rings. The van der Waals surface area contributed by atoms with Crippen LogP contribution in [0.2, 0.25) is 0 Å². The fraction of sp³-hybridized carbons (Fsp3) is 0.0455. The summed E-state index contributed by atoms with van der Waals surface area (Å²) < 4.78 is 6.59. The van der Waals surface area contributed by atoms with Crippen molar-refractivity contribution in [1.82, 2.24) is 5.32 Å². The molecule has 0 aliphatic carbocycles. The molecule has 2 aromatic carbocycles. The van der Waals surface area contributed by atoms with Crippen molar-refractivity contribution in [1.29, 1.82) is 0 Å². The van der Waals surface area contributed by atoms with Crippen molar-refractivity contribution in [3.8, 4) is 0 Å². The number of amides is 2. The first-order valence-electron chi connectivity index (χ1n) is 8.92. The molecule has 30 heavy (non-hydrogen) atoms. The van der Waals surface area contributed by atoms with Gasteiger partial charge in [-0.3, -0.25) is 19.8 Å². The number of nitrogens with one attached hydrogen (secondary N) is 1. The summed E-state index contributed by atoms with van der Waals surface area (Å²) >= 11 is 10.1. The van der Waals surface area contributed by atoms with E-state index in [9.17, 15) is 9.59 Å². The van der Waals surface area contributed by atoms with Gasteiger partial charge in [0.05, 0.1) is 5.69 Å². The Morgan fingerprint density at radius 3 is 2.60 bits per heavy atom. The first kappa shape index (κ1) is 20.6. The smallest absolute Gasteiger partial charge is 0.270 e. The molecule has 0 bridgehead atoms. The van der Waals surface area contributed by atoms with Crippen LogP contribution in [0.1, 0.15) is 11.3 Å². The van der Waals surface area contributed by atoms with E-state index in [1.807, 2.05) is 37.3 Å². The van der Waals surface area contributed by atoms with Crippen LogP contribution in [0.15, 0.2) is 85.1 Å². The minimum absolute atomic E-state index is 0.0373. The third-order valence-corrected chi connectivity index (χ3v) is 6.00. The first-order valence-corrected chi connectivity index (χ1v) is 10.9. The maximum absolute atomic E-state index is 13.0. The van der Waals surface area contributed by atoms with Gasteiger partial charge in [-0.25, -0.2) is 0 Å². The summed E-state index contributed by atoms with van der Waals surface area (Å²) in [5.74, 6) is -0.656. The monoisotopic (exact) mass is 498 g/mol. The normalized spacial score (nSPS) is 15.6. The Labute approximate surface area is 191 Å². The summed E-state index contributed by atoms with van der Waals surface area (Å²) in [7, 11) is 0. The number of rotatable bonds is 4. The molecule has 1 saturated heterocycles. The molecule has 5 nitrogen and oxygen atoms in total. The highest BCUT2D eigenvalue weighted by molar-refractivity contribution is 9.10. The number of halogens is 1.